The number of nitrogens with one attached hydrogen (secondary N) is 1. The zero-order valence-electron chi connectivity index (χ0n) is 20.8. The molecule has 0 bridgehead atoms. The Morgan fingerprint density at radius 3 is 2.73 bits per heavy atom. The summed E-state index contributed by atoms with van der Waals surface area (Å²) in [7, 11) is -3.38. The van der Waals surface area contributed by atoms with Gasteiger partial charge in [-0.15, -0.1) is 23.1 Å². The normalized spacial score (nSPS) is 20.1. The van der Waals surface area contributed by atoms with Crippen LogP contribution in [0, 0.1) is 0 Å². The third-order valence-corrected chi connectivity index (χ3v) is 8.20. The number of β-lactam (4-membered cyclic amide) rings is 1. The van der Waals surface area contributed by atoms with Crippen molar-refractivity contribution in [3.05, 3.63) is 51.9 Å². The summed E-state index contributed by atoms with van der Waals surface area (Å²) in [5, 5.41) is 19.7. The molecule has 18 heteroatoms. The van der Waals surface area contributed by atoms with E-state index in [1.165, 1.54) is 35.0 Å². The number of nitrogens with zero attached hydrogens (tertiary/aromatic N) is 4. The zero-order chi connectivity index (χ0) is 29.2. The molecule has 0 spiro atoms. The van der Waals surface area contributed by atoms with E-state index in [1.807, 2.05) is 12.3 Å². The molecule has 1 aliphatic carbocycles. The molecule has 5 rings (SSSR count). The van der Waals surface area contributed by atoms with Gasteiger partial charge in [0.05, 0.1) is 11.7 Å². The van der Waals surface area contributed by atoms with E-state index in [4.69, 9.17) is 28.1 Å². The fourth-order valence-corrected chi connectivity index (χ4v) is 6.54. The van der Waals surface area contributed by atoms with Crippen molar-refractivity contribution < 1.29 is 46.4 Å². The maximum Gasteiger partial charge on any atom is 0.394 e. The molecule has 5 N–H and O–H groups in total. The van der Waals surface area contributed by atoms with Crippen LogP contribution in [-0.2, 0) is 49.0 Å². The van der Waals surface area contributed by atoms with E-state index in [9.17, 15) is 19.5 Å². The number of carboxylic acid groups (broad SMARTS) is 1. The molecular formula is C22H24N6O9S3. The Kier molecular flexibility index (Phi) is 8.74. The number of thioether (sulfide) groups is 1. The molecule has 15 nitrogen and oxygen atoms in total. The average Bonchev–Trinajstić information content (AvgIpc) is 3.53. The highest BCUT2D eigenvalue weighted by molar-refractivity contribution is 8.00. The van der Waals surface area contributed by atoms with Crippen molar-refractivity contribution in [1.29, 1.82) is 0 Å². The van der Waals surface area contributed by atoms with E-state index in [-0.39, 0.29) is 22.2 Å². The Morgan fingerprint density at radius 2 is 2.10 bits per heavy atom. The number of nitrogens with two attached hydrogens (primary N) is 1. The Morgan fingerprint density at radius 1 is 1.38 bits per heavy atom. The number of carbonyl (C=O) groups is 3. The molecule has 2 aliphatic heterocycles. The van der Waals surface area contributed by atoms with Crippen LogP contribution in [0.1, 0.15) is 23.4 Å². The van der Waals surface area contributed by atoms with Crippen molar-refractivity contribution in [1.82, 2.24) is 15.2 Å². The number of rotatable bonds is 7. The van der Waals surface area contributed by atoms with Crippen molar-refractivity contribution in [2.24, 2.45) is 5.16 Å². The van der Waals surface area contributed by atoms with Gasteiger partial charge in [0, 0.05) is 34.8 Å². The number of oxime groups is 1. The van der Waals surface area contributed by atoms with Crippen LogP contribution in [0.5, 0.6) is 0 Å². The second-order valence-corrected chi connectivity index (χ2v) is 11.6. The standard InChI is InChI=1S/C22H22N6O5S2.H2O4S/c1-33-26-15(13-10-35-22(23)24-13)18(29)25-16-19(30)28-17(21(31)32)12(9-34-20(16)28)8-27-7-3-5-11-4-2-6-14(11)27;1-5(2,3)4/h3,5,7,10,16,20H,2,4,6,8-9H2,1H3,(H3-,23,24,25,29,31,32);(H2,1,2,3,4)/b26-15-;/t16-,20+;/m1./s1. The highest BCUT2D eigenvalue weighted by Crippen LogP contribution is 2.40. The fraction of sp³-hybridized carbons (Fsp3) is 0.364. The van der Waals surface area contributed by atoms with Crippen molar-refractivity contribution >= 4 is 62.1 Å². The number of carboxylic acids is 1. The van der Waals surface area contributed by atoms with Crippen LogP contribution in [0.15, 0.2) is 40.1 Å². The second kappa shape index (κ2) is 11.9. The van der Waals surface area contributed by atoms with Gasteiger partial charge in [-0.3, -0.25) is 23.6 Å². The fourth-order valence-electron chi connectivity index (χ4n) is 4.66. The number of aliphatic carboxylic acids is 1. The van der Waals surface area contributed by atoms with Crippen LogP contribution >= 0.6 is 23.1 Å². The molecule has 214 valence electrons. The van der Waals surface area contributed by atoms with E-state index >= 15 is 0 Å². The number of hydrogen-bond donors (Lipinski definition) is 4. The van der Waals surface area contributed by atoms with Crippen molar-refractivity contribution in [2.75, 3.05) is 18.6 Å². The van der Waals surface area contributed by atoms with E-state index in [2.05, 4.69) is 26.1 Å². The summed E-state index contributed by atoms with van der Waals surface area (Å²) in [6.07, 6.45) is 4.94. The van der Waals surface area contributed by atoms with Gasteiger partial charge in [0.1, 0.15) is 24.2 Å². The Balaban J connectivity index is 0.000000681. The third-order valence-electron chi connectivity index (χ3n) is 6.19. The summed E-state index contributed by atoms with van der Waals surface area (Å²) in [5.74, 6) is -2.21. The van der Waals surface area contributed by atoms with E-state index < -0.39 is 39.6 Å². The maximum atomic E-state index is 13.0. The van der Waals surface area contributed by atoms with Gasteiger partial charge in [0.15, 0.2) is 29.3 Å². The molecule has 2 amide bonds. The number of aryl methyl sites for hydroxylation is 1. The quantitative estimate of drug-likeness (QED) is 0.0902. The number of anilines is 1. The van der Waals surface area contributed by atoms with E-state index in [1.54, 1.807) is 5.38 Å². The van der Waals surface area contributed by atoms with Gasteiger partial charge in [0.2, 0.25) is 0 Å². The monoisotopic (exact) mass is 612 g/mol. The molecule has 4 heterocycles. The number of nitrogen functional groups attached to an aromatic ring is 1. The minimum absolute atomic E-state index is 0.120. The molecule has 0 aromatic carbocycles. The highest BCUT2D eigenvalue weighted by Gasteiger charge is 2.53. The molecule has 2 aromatic heterocycles. The smallest absolute Gasteiger partial charge is 0.394 e. The van der Waals surface area contributed by atoms with Crippen LogP contribution in [0.2, 0.25) is 0 Å². The number of amides is 2. The Labute approximate surface area is 236 Å². The number of aromatic nitrogens is 2. The Hall–Kier alpha value is -3.58. The largest absolute Gasteiger partial charge is 0.543 e. The van der Waals surface area contributed by atoms with Crippen LogP contribution < -0.4 is 20.7 Å². The summed E-state index contributed by atoms with van der Waals surface area (Å²) in [4.78, 5) is 48.0. The molecule has 3 aliphatic rings. The van der Waals surface area contributed by atoms with Crippen LogP contribution in [0.4, 0.5) is 5.13 Å². The van der Waals surface area contributed by atoms with Crippen LogP contribution in [-0.4, -0.2) is 75.2 Å². The minimum Gasteiger partial charge on any atom is -0.543 e. The maximum absolute atomic E-state index is 13.0. The molecule has 1 saturated heterocycles. The Bertz CT molecular complexity index is 1510. The first-order valence-corrected chi connectivity index (χ1v) is 14.9. The SMILES string of the molecule is CO/N=C(\C(=O)N[C@@H]1C(=O)N2C(C(=O)[O-])=C(C[n+]3cccc4c3CCC4)CS[C@@H]12)c1csc(N)n1.O=S(=O)(O)O. The zero-order valence-corrected chi connectivity index (χ0v) is 23.3. The van der Waals surface area contributed by atoms with Crippen LogP contribution in [0.3, 0.4) is 0 Å². The lowest BCUT2D eigenvalue weighted by Crippen LogP contribution is -2.71. The summed E-state index contributed by atoms with van der Waals surface area (Å²) in [5.41, 5.74) is 8.69. The first kappa shape index (κ1) is 29.4. The lowest BCUT2D eigenvalue weighted by atomic mass is 10.0. The van der Waals surface area contributed by atoms with Crippen LogP contribution in [0.25, 0.3) is 0 Å². The summed E-state index contributed by atoms with van der Waals surface area (Å²) >= 11 is 2.53. The lowest BCUT2D eigenvalue weighted by Gasteiger charge is -2.50. The summed E-state index contributed by atoms with van der Waals surface area (Å²) < 4.78 is 33.6. The predicted octanol–water partition coefficient (Wildman–Crippen LogP) is -1.70. The molecule has 40 heavy (non-hydrogen) atoms. The van der Waals surface area contributed by atoms with E-state index in [0.717, 1.165) is 30.6 Å². The van der Waals surface area contributed by atoms with Gasteiger partial charge < -0.3 is 25.8 Å². The highest BCUT2D eigenvalue weighted by atomic mass is 32.3. The molecule has 0 saturated carbocycles. The van der Waals surface area contributed by atoms with Gasteiger partial charge in [-0.1, -0.05) is 5.16 Å². The summed E-state index contributed by atoms with van der Waals surface area (Å²) in [6.45, 7) is 0.364. The van der Waals surface area contributed by atoms with E-state index in [0.29, 0.717) is 17.9 Å². The number of hydrogen-bond acceptors (Lipinski definition) is 12. The van der Waals surface area contributed by atoms with Crippen molar-refractivity contribution in [3.8, 4) is 0 Å². The summed E-state index contributed by atoms with van der Waals surface area (Å²) in [6, 6.07) is 3.12. The number of thiazole rings is 1. The molecular weight excluding hydrogens is 588 g/mol. The first-order valence-electron chi connectivity index (χ1n) is 11.6. The molecule has 2 aromatic rings. The number of fused-ring (bicyclic) bond motifs is 2. The average molecular weight is 613 g/mol. The first-order chi connectivity index (χ1) is 18.9. The number of carbonyl (C=O) groups excluding carboxylic acids is 3. The van der Waals surface area contributed by atoms with Crippen molar-refractivity contribution in [3.63, 3.8) is 0 Å². The number of pyridine rings is 1. The van der Waals surface area contributed by atoms with Gasteiger partial charge in [0.25, 0.3) is 11.8 Å². The van der Waals surface area contributed by atoms with Crippen molar-refractivity contribution in [2.45, 2.75) is 37.2 Å². The molecule has 2 atom stereocenters. The lowest BCUT2D eigenvalue weighted by molar-refractivity contribution is -0.696. The van der Waals surface area contributed by atoms with Gasteiger partial charge in [-0.2, -0.15) is 13.0 Å². The van der Waals surface area contributed by atoms with Gasteiger partial charge in [-0.25, -0.2) is 4.98 Å². The second-order valence-electron chi connectivity index (χ2n) is 8.70. The molecule has 0 radical (unpaired) electrons. The van der Waals surface area contributed by atoms with Gasteiger partial charge in [-0.05, 0) is 18.9 Å². The molecule has 1 fully saturated rings. The molecule has 0 unspecified atom stereocenters. The third kappa shape index (κ3) is 6.41. The predicted molar refractivity (Wildman–Crippen MR) is 140 cm³/mol. The topological polar surface area (TPSA) is 229 Å². The van der Waals surface area contributed by atoms with Gasteiger partial charge >= 0.3 is 10.4 Å². The minimum atomic E-state index is -4.67.